The van der Waals surface area contributed by atoms with E-state index in [0.717, 1.165) is 43.2 Å². The van der Waals surface area contributed by atoms with Crippen molar-refractivity contribution in [3.05, 3.63) is 58.5 Å². The van der Waals surface area contributed by atoms with Crippen molar-refractivity contribution in [3.63, 3.8) is 0 Å². The Bertz CT molecular complexity index is 968. The lowest BCUT2D eigenvalue weighted by molar-refractivity contribution is 0.0996. The van der Waals surface area contributed by atoms with Crippen LogP contribution in [0.2, 0.25) is 0 Å². The molecule has 1 N–H and O–H groups in total. The van der Waals surface area contributed by atoms with E-state index in [2.05, 4.69) is 27.3 Å². The van der Waals surface area contributed by atoms with Crippen LogP contribution in [0, 0.1) is 0 Å². The highest BCUT2D eigenvalue weighted by Crippen LogP contribution is 2.33. The Morgan fingerprint density at radius 2 is 2.07 bits per heavy atom. The number of nitrogens with one attached hydrogen (secondary N) is 1. The third kappa shape index (κ3) is 3.88. The Morgan fingerprint density at radius 3 is 2.79 bits per heavy atom. The zero-order valence-electron chi connectivity index (χ0n) is 15.7. The Morgan fingerprint density at radius 1 is 1.29 bits per heavy atom. The van der Waals surface area contributed by atoms with E-state index in [-0.39, 0.29) is 11.7 Å². The molecule has 1 aliphatic heterocycles. The average molecular weight is 399 g/mol. The van der Waals surface area contributed by atoms with Crippen LogP contribution < -0.4 is 14.8 Å². The molecule has 146 valence electrons. The molecule has 2 aromatic heterocycles. The lowest BCUT2D eigenvalue weighted by atomic mass is 9.98. The Labute approximate surface area is 166 Å². The molecule has 1 aliphatic rings. The minimum absolute atomic E-state index is 0.272. The average Bonchev–Trinajstić information content (AvgIpc) is 3.39. The standard InChI is InChI=1S/C20H21N3O4S/c1-25-17-8-13-5-6-23(10-14(13)9-18(17)26-2)11-15-12-28-20(21-15)22-19(24)16-4-3-7-27-16/h3-4,7-9,12H,5-6,10-11H2,1-2H3,(H,21,22,24). The fourth-order valence-corrected chi connectivity index (χ4v) is 4.01. The van der Waals surface area contributed by atoms with Crippen LogP contribution >= 0.6 is 11.3 Å². The summed E-state index contributed by atoms with van der Waals surface area (Å²) < 4.78 is 15.9. The summed E-state index contributed by atoms with van der Waals surface area (Å²) in [5.74, 6) is 1.50. The van der Waals surface area contributed by atoms with Gasteiger partial charge in [0, 0.05) is 25.0 Å². The summed E-state index contributed by atoms with van der Waals surface area (Å²) in [6, 6.07) is 7.42. The monoisotopic (exact) mass is 399 g/mol. The number of ether oxygens (including phenoxy) is 2. The zero-order chi connectivity index (χ0) is 19.5. The van der Waals surface area contributed by atoms with E-state index in [0.29, 0.717) is 5.13 Å². The van der Waals surface area contributed by atoms with Crippen molar-refractivity contribution >= 4 is 22.4 Å². The second-order valence-electron chi connectivity index (χ2n) is 6.51. The van der Waals surface area contributed by atoms with E-state index in [1.807, 2.05) is 5.38 Å². The van der Waals surface area contributed by atoms with Gasteiger partial charge in [0.25, 0.3) is 5.91 Å². The predicted octanol–water partition coefficient (Wildman–Crippen LogP) is 3.56. The highest BCUT2D eigenvalue weighted by atomic mass is 32.1. The number of benzene rings is 1. The number of thiazole rings is 1. The minimum atomic E-state index is -0.293. The lowest BCUT2D eigenvalue weighted by Gasteiger charge is -2.29. The van der Waals surface area contributed by atoms with Crippen LogP contribution in [0.5, 0.6) is 11.5 Å². The van der Waals surface area contributed by atoms with Crippen LogP contribution in [0.1, 0.15) is 27.4 Å². The minimum Gasteiger partial charge on any atom is -0.493 e. The molecule has 0 unspecified atom stereocenters. The van der Waals surface area contributed by atoms with E-state index in [4.69, 9.17) is 13.9 Å². The van der Waals surface area contributed by atoms with Gasteiger partial charge in [-0.2, -0.15) is 0 Å². The molecular weight excluding hydrogens is 378 g/mol. The molecule has 0 aliphatic carbocycles. The van der Waals surface area contributed by atoms with Crippen LogP contribution in [-0.4, -0.2) is 36.6 Å². The van der Waals surface area contributed by atoms with Gasteiger partial charge in [0.05, 0.1) is 26.2 Å². The molecule has 0 saturated heterocycles. The van der Waals surface area contributed by atoms with Crippen molar-refractivity contribution in [2.75, 3.05) is 26.1 Å². The van der Waals surface area contributed by atoms with Gasteiger partial charge in [-0.3, -0.25) is 15.0 Å². The number of furan rings is 1. The number of methoxy groups -OCH3 is 2. The van der Waals surface area contributed by atoms with Crippen molar-refractivity contribution < 1.29 is 18.7 Å². The predicted molar refractivity (Wildman–Crippen MR) is 106 cm³/mol. The molecule has 0 spiro atoms. The molecule has 0 saturated carbocycles. The van der Waals surface area contributed by atoms with Crippen LogP contribution in [-0.2, 0) is 19.5 Å². The lowest BCUT2D eigenvalue weighted by Crippen LogP contribution is -2.30. The van der Waals surface area contributed by atoms with Crippen molar-refractivity contribution in [1.29, 1.82) is 0 Å². The van der Waals surface area contributed by atoms with Crippen molar-refractivity contribution in [3.8, 4) is 11.5 Å². The van der Waals surface area contributed by atoms with Gasteiger partial charge >= 0.3 is 0 Å². The third-order valence-corrected chi connectivity index (χ3v) is 5.51. The molecule has 7 nitrogen and oxygen atoms in total. The number of amides is 1. The van der Waals surface area contributed by atoms with E-state index >= 15 is 0 Å². The Kier molecular flexibility index (Phi) is 5.31. The molecule has 0 radical (unpaired) electrons. The SMILES string of the molecule is COc1cc2c(cc1OC)CN(Cc1csc(NC(=O)c3ccco3)n1)CC2. The molecular formula is C20H21N3O4S. The van der Waals surface area contributed by atoms with Crippen molar-refractivity contribution in [1.82, 2.24) is 9.88 Å². The van der Waals surface area contributed by atoms with Gasteiger partial charge in [-0.25, -0.2) is 4.98 Å². The van der Waals surface area contributed by atoms with Gasteiger partial charge in [0.15, 0.2) is 22.4 Å². The summed E-state index contributed by atoms with van der Waals surface area (Å²) in [4.78, 5) is 18.9. The molecule has 0 fully saturated rings. The van der Waals surface area contributed by atoms with Crippen molar-refractivity contribution in [2.45, 2.75) is 19.5 Å². The number of nitrogens with zero attached hydrogens (tertiary/aromatic N) is 2. The number of fused-ring (bicyclic) bond motifs is 1. The van der Waals surface area contributed by atoms with E-state index in [1.54, 1.807) is 26.4 Å². The van der Waals surface area contributed by atoms with Gasteiger partial charge in [0.1, 0.15) is 0 Å². The third-order valence-electron chi connectivity index (χ3n) is 4.70. The highest BCUT2D eigenvalue weighted by molar-refractivity contribution is 7.13. The first-order chi connectivity index (χ1) is 13.7. The van der Waals surface area contributed by atoms with E-state index in [9.17, 15) is 4.79 Å². The second kappa shape index (κ2) is 8.04. The summed E-state index contributed by atoms with van der Waals surface area (Å²) >= 11 is 1.41. The maximum absolute atomic E-state index is 12.1. The number of carbonyl (C=O) groups excluding carboxylic acids is 1. The van der Waals surface area contributed by atoms with Crippen LogP contribution in [0.25, 0.3) is 0 Å². The van der Waals surface area contributed by atoms with E-state index < -0.39 is 0 Å². The van der Waals surface area contributed by atoms with E-state index in [1.165, 1.54) is 28.7 Å². The summed E-state index contributed by atoms with van der Waals surface area (Å²) in [6.45, 7) is 2.48. The van der Waals surface area contributed by atoms with Gasteiger partial charge in [-0.1, -0.05) is 0 Å². The maximum Gasteiger partial charge on any atom is 0.293 e. The molecule has 1 amide bonds. The van der Waals surface area contributed by atoms with Crippen LogP contribution in [0.4, 0.5) is 5.13 Å². The number of rotatable bonds is 6. The molecule has 0 bridgehead atoms. The molecule has 4 rings (SSSR count). The number of carbonyl (C=O) groups is 1. The first-order valence-corrected chi connectivity index (χ1v) is 9.79. The summed E-state index contributed by atoms with van der Waals surface area (Å²) in [7, 11) is 3.31. The van der Waals surface area contributed by atoms with Crippen LogP contribution in [0.15, 0.2) is 40.3 Å². The number of anilines is 1. The fourth-order valence-electron chi connectivity index (χ4n) is 3.31. The van der Waals surface area contributed by atoms with Crippen molar-refractivity contribution in [2.24, 2.45) is 0 Å². The molecule has 0 atom stereocenters. The quantitative estimate of drug-likeness (QED) is 0.683. The maximum atomic E-state index is 12.1. The van der Waals surface area contributed by atoms with Gasteiger partial charge in [-0.05, 0) is 41.8 Å². The smallest absolute Gasteiger partial charge is 0.293 e. The largest absolute Gasteiger partial charge is 0.493 e. The zero-order valence-corrected chi connectivity index (χ0v) is 16.5. The molecule has 3 heterocycles. The summed E-state index contributed by atoms with van der Waals surface area (Å²) in [6.07, 6.45) is 2.42. The Balaban J connectivity index is 1.41. The normalized spacial score (nSPS) is 13.8. The number of hydrogen-bond acceptors (Lipinski definition) is 7. The van der Waals surface area contributed by atoms with Gasteiger partial charge in [-0.15, -0.1) is 11.3 Å². The summed E-state index contributed by atoms with van der Waals surface area (Å²) in [5.41, 5.74) is 3.47. The first kappa shape index (κ1) is 18.5. The van der Waals surface area contributed by atoms with Gasteiger partial charge < -0.3 is 13.9 Å². The summed E-state index contributed by atoms with van der Waals surface area (Å²) in [5, 5.41) is 5.31. The molecule has 3 aromatic rings. The van der Waals surface area contributed by atoms with Gasteiger partial charge in [0.2, 0.25) is 0 Å². The molecule has 28 heavy (non-hydrogen) atoms. The van der Waals surface area contributed by atoms with Crippen LogP contribution in [0.3, 0.4) is 0 Å². The first-order valence-electron chi connectivity index (χ1n) is 8.91. The fraction of sp³-hybridized carbons (Fsp3) is 0.300. The second-order valence-corrected chi connectivity index (χ2v) is 7.37. The molecule has 1 aromatic carbocycles. The number of hydrogen-bond donors (Lipinski definition) is 1. The molecule has 8 heteroatoms. The topological polar surface area (TPSA) is 76.8 Å². The highest BCUT2D eigenvalue weighted by Gasteiger charge is 2.20. The Hall–Kier alpha value is -2.84. The number of aromatic nitrogens is 1.